The molecule has 1 aliphatic rings. The number of nitro groups is 1. The smallest absolute Gasteiger partial charge is 0.275 e. The summed E-state index contributed by atoms with van der Waals surface area (Å²) in [6.45, 7) is 8.36. The molecule has 1 aromatic rings. The summed E-state index contributed by atoms with van der Waals surface area (Å²) in [7, 11) is 0. The SMILES string of the molecule is CC(C)(C)C1CCN(c2ccc([N+](=O)[O-])c(CO)c2)C1. The molecule has 2 rings (SSSR count). The van der Waals surface area contributed by atoms with E-state index in [4.69, 9.17) is 0 Å². The van der Waals surface area contributed by atoms with Crippen LogP contribution >= 0.6 is 0 Å². The third kappa shape index (κ3) is 2.93. The second-order valence-electron chi connectivity index (χ2n) is 6.53. The van der Waals surface area contributed by atoms with Gasteiger partial charge in [-0.1, -0.05) is 20.8 Å². The lowest BCUT2D eigenvalue weighted by Gasteiger charge is -2.27. The molecule has 110 valence electrons. The zero-order valence-electron chi connectivity index (χ0n) is 12.3. The quantitative estimate of drug-likeness (QED) is 0.682. The Balaban J connectivity index is 2.21. The Morgan fingerprint density at radius 1 is 1.45 bits per heavy atom. The van der Waals surface area contributed by atoms with Gasteiger partial charge < -0.3 is 10.0 Å². The van der Waals surface area contributed by atoms with E-state index in [0.717, 1.165) is 25.2 Å². The first-order valence-corrected chi connectivity index (χ1v) is 6.96. The average molecular weight is 278 g/mol. The second kappa shape index (κ2) is 5.40. The number of rotatable bonds is 3. The van der Waals surface area contributed by atoms with Crippen molar-refractivity contribution in [2.24, 2.45) is 11.3 Å². The average Bonchev–Trinajstić information content (AvgIpc) is 2.87. The molecular weight excluding hydrogens is 256 g/mol. The normalized spacial score (nSPS) is 19.4. The van der Waals surface area contributed by atoms with Crippen molar-refractivity contribution in [2.45, 2.75) is 33.8 Å². The minimum atomic E-state index is -0.447. The Morgan fingerprint density at radius 2 is 2.15 bits per heavy atom. The number of nitro benzene ring substituents is 1. The summed E-state index contributed by atoms with van der Waals surface area (Å²) < 4.78 is 0. The molecule has 1 saturated heterocycles. The van der Waals surface area contributed by atoms with Crippen molar-refractivity contribution in [1.82, 2.24) is 0 Å². The van der Waals surface area contributed by atoms with Crippen LogP contribution in [-0.4, -0.2) is 23.1 Å². The summed E-state index contributed by atoms with van der Waals surface area (Å²) >= 11 is 0. The summed E-state index contributed by atoms with van der Waals surface area (Å²) in [5.41, 5.74) is 1.61. The highest BCUT2D eigenvalue weighted by atomic mass is 16.6. The van der Waals surface area contributed by atoms with E-state index < -0.39 is 4.92 Å². The van der Waals surface area contributed by atoms with Gasteiger partial charge in [-0.2, -0.15) is 0 Å². The molecule has 0 aromatic heterocycles. The molecule has 1 aliphatic heterocycles. The number of anilines is 1. The van der Waals surface area contributed by atoms with Crippen LogP contribution in [0.3, 0.4) is 0 Å². The molecule has 1 atom stereocenters. The molecule has 1 aromatic carbocycles. The van der Waals surface area contributed by atoms with E-state index in [2.05, 4.69) is 25.7 Å². The Morgan fingerprint density at radius 3 is 2.65 bits per heavy atom. The predicted octanol–water partition coefficient (Wildman–Crippen LogP) is 2.96. The van der Waals surface area contributed by atoms with E-state index in [1.807, 2.05) is 0 Å². The van der Waals surface area contributed by atoms with Crippen molar-refractivity contribution in [1.29, 1.82) is 0 Å². The maximum Gasteiger partial charge on any atom is 0.275 e. The van der Waals surface area contributed by atoms with E-state index in [9.17, 15) is 15.2 Å². The van der Waals surface area contributed by atoms with Crippen LogP contribution < -0.4 is 4.90 Å². The molecule has 0 amide bonds. The highest BCUT2D eigenvalue weighted by Gasteiger charge is 2.32. The third-order valence-corrected chi connectivity index (χ3v) is 4.21. The Kier molecular flexibility index (Phi) is 3.99. The topological polar surface area (TPSA) is 66.6 Å². The standard InChI is InChI=1S/C15H22N2O3/c1-15(2,3)12-6-7-16(9-12)13-4-5-14(17(19)20)11(8-13)10-18/h4-5,8,12,18H,6-7,9-10H2,1-3H3. The highest BCUT2D eigenvalue weighted by molar-refractivity contribution is 5.56. The number of aliphatic hydroxyl groups excluding tert-OH is 1. The van der Waals surface area contributed by atoms with Gasteiger partial charge in [-0.25, -0.2) is 0 Å². The first-order chi connectivity index (χ1) is 9.32. The molecule has 0 saturated carbocycles. The fraction of sp³-hybridized carbons (Fsp3) is 0.600. The lowest BCUT2D eigenvalue weighted by molar-refractivity contribution is -0.385. The van der Waals surface area contributed by atoms with E-state index in [1.165, 1.54) is 6.07 Å². The van der Waals surface area contributed by atoms with Crippen molar-refractivity contribution in [3.8, 4) is 0 Å². The van der Waals surface area contributed by atoms with E-state index in [0.29, 0.717) is 11.5 Å². The minimum absolute atomic E-state index is 0.0113. The number of aliphatic hydroxyl groups is 1. The number of benzene rings is 1. The maximum atomic E-state index is 10.9. The zero-order chi connectivity index (χ0) is 14.9. The first-order valence-electron chi connectivity index (χ1n) is 6.96. The van der Waals surface area contributed by atoms with E-state index in [1.54, 1.807) is 12.1 Å². The number of hydrogen-bond acceptors (Lipinski definition) is 4. The van der Waals surface area contributed by atoms with Crippen LogP contribution in [0.25, 0.3) is 0 Å². The van der Waals surface area contributed by atoms with Crippen molar-refractivity contribution >= 4 is 11.4 Å². The molecule has 5 nitrogen and oxygen atoms in total. The van der Waals surface area contributed by atoms with Crippen LogP contribution in [0.15, 0.2) is 18.2 Å². The molecule has 1 fully saturated rings. The van der Waals surface area contributed by atoms with Gasteiger partial charge in [0.25, 0.3) is 5.69 Å². The zero-order valence-corrected chi connectivity index (χ0v) is 12.3. The van der Waals surface area contributed by atoms with Crippen LogP contribution in [0.1, 0.15) is 32.8 Å². The maximum absolute atomic E-state index is 10.9. The van der Waals surface area contributed by atoms with E-state index in [-0.39, 0.29) is 17.7 Å². The summed E-state index contributed by atoms with van der Waals surface area (Å²) in [6.07, 6.45) is 1.13. The molecule has 5 heteroatoms. The lowest BCUT2D eigenvalue weighted by Crippen LogP contribution is -2.25. The van der Waals surface area contributed by atoms with Gasteiger partial charge >= 0.3 is 0 Å². The fourth-order valence-corrected chi connectivity index (χ4v) is 2.78. The van der Waals surface area contributed by atoms with Gasteiger partial charge in [0, 0.05) is 24.8 Å². The highest BCUT2D eigenvalue weighted by Crippen LogP contribution is 2.36. The largest absolute Gasteiger partial charge is 0.391 e. The molecule has 0 bridgehead atoms. The molecule has 1 unspecified atom stereocenters. The van der Waals surface area contributed by atoms with Gasteiger partial charge in [-0.15, -0.1) is 0 Å². The number of hydrogen-bond donors (Lipinski definition) is 1. The molecular formula is C15H22N2O3. The van der Waals surface area contributed by atoms with Gasteiger partial charge in [-0.05, 0) is 29.9 Å². The molecule has 0 aliphatic carbocycles. The van der Waals surface area contributed by atoms with Gasteiger partial charge in [0.15, 0.2) is 0 Å². The van der Waals surface area contributed by atoms with Crippen LogP contribution in [-0.2, 0) is 6.61 Å². The van der Waals surface area contributed by atoms with E-state index >= 15 is 0 Å². The van der Waals surface area contributed by atoms with Crippen molar-refractivity contribution in [3.05, 3.63) is 33.9 Å². The number of nitrogens with zero attached hydrogens (tertiary/aromatic N) is 2. The predicted molar refractivity (Wildman–Crippen MR) is 78.8 cm³/mol. The summed E-state index contributed by atoms with van der Waals surface area (Å²) in [6, 6.07) is 5.01. The third-order valence-electron chi connectivity index (χ3n) is 4.21. The molecule has 1 heterocycles. The molecule has 1 N–H and O–H groups in total. The molecule has 0 spiro atoms. The van der Waals surface area contributed by atoms with Crippen molar-refractivity contribution in [3.63, 3.8) is 0 Å². The Hall–Kier alpha value is -1.62. The lowest BCUT2D eigenvalue weighted by atomic mass is 9.80. The summed E-state index contributed by atoms with van der Waals surface area (Å²) in [4.78, 5) is 12.7. The molecule has 20 heavy (non-hydrogen) atoms. The van der Waals surface area contributed by atoms with Gasteiger partial charge in [-0.3, -0.25) is 10.1 Å². The van der Waals surface area contributed by atoms with Gasteiger partial charge in [0.1, 0.15) is 0 Å². The minimum Gasteiger partial charge on any atom is -0.391 e. The summed E-state index contributed by atoms with van der Waals surface area (Å²) in [5.74, 6) is 0.621. The Labute approximate surface area is 119 Å². The van der Waals surface area contributed by atoms with Crippen LogP contribution in [0, 0.1) is 21.4 Å². The van der Waals surface area contributed by atoms with Crippen LogP contribution in [0.5, 0.6) is 0 Å². The summed E-state index contributed by atoms with van der Waals surface area (Å²) in [5, 5.41) is 20.2. The monoisotopic (exact) mass is 278 g/mol. The fourth-order valence-electron chi connectivity index (χ4n) is 2.78. The second-order valence-corrected chi connectivity index (χ2v) is 6.53. The molecule has 0 radical (unpaired) electrons. The van der Waals surface area contributed by atoms with Crippen LogP contribution in [0.2, 0.25) is 0 Å². The van der Waals surface area contributed by atoms with Gasteiger partial charge in [0.2, 0.25) is 0 Å². The Bertz CT molecular complexity index is 508. The van der Waals surface area contributed by atoms with Crippen molar-refractivity contribution in [2.75, 3.05) is 18.0 Å². The van der Waals surface area contributed by atoms with Crippen LogP contribution in [0.4, 0.5) is 11.4 Å². The first kappa shape index (κ1) is 14.8. The van der Waals surface area contributed by atoms with Crippen molar-refractivity contribution < 1.29 is 10.0 Å². The van der Waals surface area contributed by atoms with Gasteiger partial charge in [0.05, 0.1) is 17.1 Å².